The van der Waals surface area contributed by atoms with E-state index in [0.29, 0.717) is 54.8 Å². The summed E-state index contributed by atoms with van der Waals surface area (Å²) in [5, 5.41) is 3.45. The van der Waals surface area contributed by atoms with Gasteiger partial charge in [0, 0.05) is 37.2 Å². The molecule has 9 heteroatoms. The normalized spacial score (nSPS) is 18.3. The average Bonchev–Trinajstić information content (AvgIpc) is 2.93. The minimum atomic E-state index is -0.245. The number of allylic oxidation sites excluding steroid dienone is 3. The number of carbonyl (C=O) groups is 1. The number of aromatic nitrogens is 3. The van der Waals surface area contributed by atoms with Crippen molar-refractivity contribution in [2.24, 2.45) is 0 Å². The first-order chi connectivity index (χ1) is 16.8. The lowest BCUT2D eigenvalue weighted by Gasteiger charge is -2.26. The van der Waals surface area contributed by atoms with Crippen LogP contribution in [-0.2, 0) is 14.2 Å². The van der Waals surface area contributed by atoms with Gasteiger partial charge in [0.05, 0.1) is 18.8 Å². The topological polar surface area (TPSA) is 98.7 Å². The molecule has 5 rings (SSSR count). The second-order valence-corrected chi connectivity index (χ2v) is 7.96. The molecular formula is C25H25N5O4. The van der Waals surface area contributed by atoms with Crippen molar-refractivity contribution in [3.05, 3.63) is 84.6 Å². The van der Waals surface area contributed by atoms with E-state index < -0.39 is 0 Å². The van der Waals surface area contributed by atoms with Crippen LogP contribution in [0.4, 0.5) is 5.82 Å². The molecule has 1 saturated heterocycles. The van der Waals surface area contributed by atoms with Crippen molar-refractivity contribution < 1.29 is 19.0 Å². The molecule has 0 bridgehead atoms. The zero-order chi connectivity index (χ0) is 23.2. The first-order valence-corrected chi connectivity index (χ1v) is 11.2. The van der Waals surface area contributed by atoms with Gasteiger partial charge in [-0.2, -0.15) is 0 Å². The number of anilines is 1. The predicted octanol–water partition coefficient (Wildman–Crippen LogP) is 3.43. The molecule has 0 radical (unpaired) electrons. The van der Waals surface area contributed by atoms with Crippen molar-refractivity contribution in [3.8, 4) is 11.4 Å². The van der Waals surface area contributed by atoms with Crippen molar-refractivity contribution >= 4 is 11.7 Å². The third-order valence-electron chi connectivity index (χ3n) is 5.71. The Morgan fingerprint density at radius 3 is 2.88 bits per heavy atom. The fourth-order valence-corrected chi connectivity index (χ4v) is 3.97. The highest BCUT2D eigenvalue weighted by Gasteiger charge is 2.24. The summed E-state index contributed by atoms with van der Waals surface area (Å²) in [7, 11) is 0. The number of pyridine rings is 1. The van der Waals surface area contributed by atoms with E-state index in [0.717, 1.165) is 18.4 Å². The van der Waals surface area contributed by atoms with E-state index in [9.17, 15) is 4.79 Å². The van der Waals surface area contributed by atoms with Crippen LogP contribution >= 0.6 is 0 Å². The Morgan fingerprint density at radius 2 is 2.09 bits per heavy atom. The van der Waals surface area contributed by atoms with E-state index in [1.807, 2.05) is 6.08 Å². The van der Waals surface area contributed by atoms with Gasteiger partial charge in [0.25, 0.3) is 5.91 Å². The van der Waals surface area contributed by atoms with E-state index in [-0.39, 0.29) is 11.9 Å². The molecule has 0 aromatic carbocycles. The summed E-state index contributed by atoms with van der Waals surface area (Å²) in [6.07, 6.45) is 17.6. The van der Waals surface area contributed by atoms with Crippen molar-refractivity contribution in [1.82, 2.24) is 19.9 Å². The number of ether oxygens (including phenoxy) is 3. The molecule has 9 nitrogen and oxygen atoms in total. The molecule has 1 amide bonds. The first-order valence-electron chi connectivity index (χ1n) is 11.2. The lowest BCUT2D eigenvalue weighted by molar-refractivity contribution is 0.0302. The average molecular weight is 460 g/mol. The fraction of sp³-hybridized carbons (Fsp3) is 0.280. The van der Waals surface area contributed by atoms with Gasteiger partial charge in [-0.05, 0) is 30.5 Å². The third-order valence-corrected chi connectivity index (χ3v) is 5.71. The largest absolute Gasteiger partial charge is 0.466 e. The highest BCUT2D eigenvalue weighted by Crippen LogP contribution is 2.27. The van der Waals surface area contributed by atoms with E-state index in [4.69, 9.17) is 19.2 Å². The molecule has 1 unspecified atom stereocenters. The number of amides is 1. The zero-order valence-corrected chi connectivity index (χ0v) is 18.6. The van der Waals surface area contributed by atoms with Gasteiger partial charge in [-0.3, -0.25) is 9.78 Å². The molecule has 2 aromatic rings. The molecule has 4 heterocycles. The van der Waals surface area contributed by atoms with Crippen LogP contribution in [0.25, 0.3) is 11.4 Å². The molecule has 0 saturated carbocycles. The lowest BCUT2D eigenvalue weighted by atomic mass is 9.96. The maximum absolute atomic E-state index is 12.9. The summed E-state index contributed by atoms with van der Waals surface area (Å²) < 4.78 is 16.4. The standard InChI is InChI=1S/C25H25N5O4/c31-25(30-8-10-32-11-9-30)20-14-19(15-26-16-20)24-27-7-6-22(29-24)28-23(18-4-2-1-3-5-18)21-17-33-12-13-34-21/h1-2,4,6-7,12-17,23H,3,5,8-11H2,(H,27,28,29). The molecule has 2 aliphatic heterocycles. The minimum absolute atomic E-state index is 0.0706. The second kappa shape index (κ2) is 10.3. The zero-order valence-electron chi connectivity index (χ0n) is 18.6. The molecule has 3 aliphatic rings. The van der Waals surface area contributed by atoms with Gasteiger partial charge in [0.15, 0.2) is 11.6 Å². The molecule has 174 valence electrons. The van der Waals surface area contributed by atoms with Crippen LogP contribution in [0, 0.1) is 0 Å². The summed E-state index contributed by atoms with van der Waals surface area (Å²) in [5.41, 5.74) is 2.33. The van der Waals surface area contributed by atoms with Gasteiger partial charge in [0.1, 0.15) is 30.6 Å². The Kier molecular flexibility index (Phi) is 6.62. The lowest BCUT2D eigenvalue weighted by Crippen LogP contribution is -2.40. The number of carbonyl (C=O) groups excluding carboxylic acids is 1. The smallest absolute Gasteiger partial charge is 0.255 e. The van der Waals surface area contributed by atoms with Crippen LogP contribution in [0.3, 0.4) is 0 Å². The maximum Gasteiger partial charge on any atom is 0.255 e. The maximum atomic E-state index is 12.9. The molecule has 1 fully saturated rings. The first kappa shape index (κ1) is 21.8. The third kappa shape index (κ3) is 4.99. The monoisotopic (exact) mass is 459 g/mol. The molecule has 1 N–H and O–H groups in total. The Morgan fingerprint density at radius 1 is 1.18 bits per heavy atom. The quantitative estimate of drug-likeness (QED) is 0.702. The van der Waals surface area contributed by atoms with Crippen molar-refractivity contribution in [2.75, 3.05) is 31.6 Å². The van der Waals surface area contributed by atoms with Gasteiger partial charge >= 0.3 is 0 Å². The van der Waals surface area contributed by atoms with Gasteiger partial charge in [0.2, 0.25) is 0 Å². The molecule has 1 atom stereocenters. The predicted molar refractivity (Wildman–Crippen MR) is 125 cm³/mol. The number of nitrogens with one attached hydrogen (secondary N) is 1. The number of hydrogen-bond donors (Lipinski definition) is 1. The van der Waals surface area contributed by atoms with E-state index in [2.05, 4.69) is 27.4 Å². The Bertz CT molecular complexity index is 1170. The minimum Gasteiger partial charge on any atom is -0.466 e. The Balaban J connectivity index is 1.38. The molecule has 34 heavy (non-hydrogen) atoms. The number of hydrogen-bond acceptors (Lipinski definition) is 8. The number of morpholine rings is 1. The van der Waals surface area contributed by atoms with Crippen molar-refractivity contribution in [3.63, 3.8) is 0 Å². The molecule has 2 aromatic heterocycles. The number of nitrogens with zero attached hydrogens (tertiary/aromatic N) is 4. The summed E-state index contributed by atoms with van der Waals surface area (Å²) in [5.74, 6) is 1.66. The Hall–Kier alpha value is -3.98. The molecular weight excluding hydrogens is 434 g/mol. The van der Waals surface area contributed by atoms with Crippen LogP contribution in [-0.4, -0.2) is 58.1 Å². The van der Waals surface area contributed by atoms with Crippen molar-refractivity contribution in [1.29, 1.82) is 0 Å². The second-order valence-electron chi connectivity index (χ2n) is 7.96. The van der Waals surface area contributed by atoms with Crippen LogP contribution in [0.15, 0.2) is 79.1 Å². The van der Waals surface area contributed by atoms with Gasteiger partial charge in [-0.1, -0.05) is 18.2 Å². The Labute approximate surface area is 197 Å². The highest BCUT2D eigenvalue weighted by molar-refractivity contribution is 5.95. The van der Waals surface area contributed by atoms with E-state index >= 15 is 0 Å². The molecule has 1 aliphatic carbocycles. The van der Waals surface area contributed by atoms with Gasteiger partial charge in [-0.15, -0.1) is 0 Å². The fourth-order valence-electron chi connectivity index (χ4n) is 3.97. The van der Waals surface area contributed by atoms with Crippen LogP contribution < -0.4 is 5.32 Å². The summed E-state index contributed by atoms with van der Waals surface area (Å²) in [6, 6.07) is 3.33. The van der Waals surface area contributed by atoms with Crippen LogP contribution in [0.1, 0.15) is 23.2 Å². The summed E-state index contributed by atoms with van der Waals surface area (Å²) >= 11 is 0. The SMILES string of the molecule is O=C(c1cncc(-c2nccc(NC(C3=CC=CCC3)C3=COC=CO3)n2)c1)N1CCOCC1. The van der Waals surface area contributed by atoms with E-state index in [1.54, 1.807) is 41.9 Å². The number of rotatable bonds is 6. The van der Waals surface area contributed by atoms with Crippen LogP contribution in [0.5, 0.6) is 0 Å². The summed E-state index contributed by atoms with van der Waals surface area (Å²) in [6.45, 7) is 2.23. The highest BCUT2D eigenvalue weighted by atomic mass is 16.5. The van der Waals surface area contributed by atoms with Gasteiger partial charge in [-0.25, -0.2) is 9.97 Å². The van der Waals surface area contributed by atoms with Gasteiger partial charge < -0.3 is 24.4 Å². The summed E-state index contributed by atoms with van der Waals surface area (Å²) in [4.78, 5) is 28.0. The van der Waals surface area contributed by atoms with Crippen LogP contribution in [0.2, 0.25) is 0 Å². The van der Waals surface area contributed by atoms with Crippen molar-refractivity contribution in [2.45, 2.75) is 18.9 Å². The molecule has 0 spiro atoms. The van der Waals surface area contributed by atoms with E-state index in [1.165, 1.54) is 12.5 Å².